The fourth-order valence-electron chi connectivity index (χ4n) is 5.94. The summed E-state index contributed by atoms with van der Waals surface area (Å²) in [7, 11) is 0. The van der Waals surface area contributed by atoms with Gasteiger partial charge in [0.1, 0.15) is 0 Å². The summed E-state index contributed by atoms with van der Waals surface area (Å²) in [5.74, 6) is 0.0128. The van der Waals surface area contributed by atoms with Crippen LogP contribution in [0.25, 0.3) is 0 Å². The molecule has 0 saturated carbocycles. The second-order valence-corrected chi connectivity index (χ2v) is 12.5. The predicted molar refractivity (Wildman–Crippen MR) is 179 cm³/mol. The molecule has 0 aromatic heterocycles. The topological polar surface area (TPSA) is 26.3 Å². The largest absolute Gasteiger partial charge is 0.435 e. The third-order valence-electron chi connectivity index (χ3n) is 8.65. The van der Waals surface area contributed by atoms with E-state index in [1.807, 2.05) is 6.08 Å². The van der Waals surface area contributed by atoms with Gasteiger partial charge < -0.3 is 4.74 Å². The van der Waals surface area contributed by atoms with Gasteiger partial charge in [-0.3, -0.25) is 4.79 Å². The van der Waals surface area contributed by atoms with Crippen LogP contribution in [0.4, 0.5) is 0 Å². The van der Waals surface area contributed by atoms with Crippen molar-refractivity contribution < 1.29 is 9.53 Å². The smallest absolute Gasteiger partial charge is 0.313 e. The van der Waals surface area contributed by atoms with Crippen LogP contribution in [0, 0.1) is 5.92 Å². The molecule has 0 N–H and O–H groups in total. The van der Waals surface area contributed by atoms with Crippen molar-refractivity contribution in [3.8, 4) is 0 Å². The highest BCUT2D eigenvalue weighted by Gasteiger charge is 2.18. The van der Waals surface area contributed by atoms with E-state index in [0.717, 1.165) is 25.7 Å². The van der Waals surface area contributed by atoms with Crippen LogP contribution < -0.4 is 0 Å². The lowest BCUT2D eigenvalue weighted by Gasteiger charge is -2.14. The molecule has 1 unspecified atom stereocenters. The number of ether oxygens (including phenoxy) is 1. The highest BCUT2D eigenvalue weighted by molar-refractivity contribution is 5.72. The Hall–Kier alpha value is -1.05. The van der Waals surface area contributed by atoms with Gasteiger partial charge in [-0.25, -0.2) is 0 Å². The molecule has 0 aliphatic heterocycles. The summed E-state index contributed by atoms with van der Waals surface area (Å²) in [5, 5.41) is 0. The number of carbonyl (C=O) groups excluding carboxylic acids is 1. The molecule has 0 aliphatic carbocycles. The first kappa shape index (κ1) is 39.0. The van der Waals surface area contributed by atoms with E-state index in [9.17, 15) is 4.79 Å². The highest BCUT2D eigenvalue weighted by Crippen LogP contribution is 2.21. The van der Waals surface area contributed by atoms with Crippen LogP contribution in [-0.4, -0.2) is 5.97 Å². The zero-order valence-electron chi connectivity index (χ0n) is 27.4. The first-order valence-electron chi connectivity index (χ1n) is 18.2. The molecule has 0 bridgehead atoms. The van der Waals surface area contributed by atoms with Crippen LogP contribution in [0.1, 0.15) is 206 Å². The Bertz CT molecular complexity index is 526. The maximum absolute atomic E-state index is 12.4. The van der Waals surface area contributed by atoms with Crippen molar-refractivity contribution in [1.29, 1.82) is 0 Å². The molecule has 0 aliphatic rings. The third-order valence-corrected chi connectivity index (χ3v) is 8.65. The number of unbranched alkanes of at least 4 members (excludes halogenated alkanes) is 27. The van der Waals surface area contributed by atoms with Gasteiger partial charge in [0.2, 0.25) is 0 Å². The SMILES string of the molecule is C=CCCCCCCCCCCCCCCCCC(CCCCCCCCCCCCCCCC)C(=O)OC=C. The minimum absolute atomic E-state index is 0.0542. The molecule has 0 spiro atoms. The van der Waals surface area contributed by atoms with Crippen molar-refractivity contribution in [3.63, 3.8) is 0 Å². The first-order chi connectivity index (χ1) is 19.8. The third kappa shape index (κ3) is 29.9. The molecular weight excluding hydrogens is 488 g/mol. The Kier molecular flexibility index (Phi) is 33.3. The second kappa shape index (κ2) is 34.2. The molecule has 0 aromatic carbocycles. The number of hydrogen-bond donors (Lipinski definition) is 0. The van der Waals surface area contributed by atoms with Crippen molar-refractivity contribution >= 4 is 5.97 Å². The summed E-state index contributed by atoms with van der Waals surface area (Å²) in [4.78, 5) is 12.4. The van der Waals surface area contributed by atoms with Gasteiger partial charge in [0.05, 0.1) is 12.2 Å². The van der Waals surface area contributed by atoms with Gasteiger partial charge in [0, 0.05) is 0 Å². The van der Waals surface area contributed by atoms with Crippen molar-refractivity contribution in [2.45, 2.75) is 206 Å². The van der Waals surface area contributed by atoms with Gasteiger partial charge >= 0.3 is 5.97 Å². The van der Waals surface area contributed by atoms with Crippen molar-refractivity contribution in [1.82, 2.24) is 0 Å². The Balaban J connectivity index is 3.60. The standard InChI is InChI=1S/C38H72O2/c1-4-7-9-11-13-15-17-19-21-22-24-26-28-30-32-34-36-37(38(39)40-6-3)35-33-31-29-27-25-23-20-18-16-14-12-10-8-5-2/h4,6,37H,1,3,5,7-36H2,2H3. The average Bonchev–Trinajstić information content (AvgIpc) is 2.96. The number of carbonyl (C=O) groups is 1. The maximum atomic E-state index is 12.4. The Morgan fingerprint density at radius 3 is 1.10 bits per heavy atom. The minimum Gasteiger partial charge on any atom is -0.435 e. The minimum atomic E-state index is -0.0542. The van der Waals surface area contributed by atoms with Gasteiger partial charge in [-0.05, 0) is 25.7 Å². The van der Waals surface area contributed by atoms with Gasteiger partial charge in [0.15, 0.2) is 0 Å². The van der Waals surface area contributed by atoms with Crippen LogP contribution in [0.3, 0.4) is 0 Å². The fraction of sp³-hybridized carbons (Fsp3) is 0.868. The van der Waals surface area contributed by atoms with E-state index in [2.05, 4.69) is 20.1 Å². The Morgan fingerprint density at radius 1 is 0.500 bits per heavy atom. The number of esters is 1. The summed E-state index contributed by atoms with van der Waals surface area (Å²) in [6, 6.07) is 0. The summed E-state index contributed by atoms with van der Waals surface area (Å²) < 4.78 is 5.17. The second-order valence-electron chi connectivity index (χ2n) is 12.5. The number of hydrogen-bond acceptors (Lipinski definition) is 2. The molecule has 2 nitrogen and oxygen atoms in total. The molecule has 236 valence electrons. The molecule has 0 saturated heterocycles. The molecule has 0 radical (unpaired) electrons. The lowest BCUT2D eigenvalue weighted by molar-refractivity contribution is -0.143. The molecule has 0 rings (SSSR count). The van der Waals surface area contributed by atoms with Crippen molar-refractivity contribution in [2.75, 3.05) is 0 Å². The van der Waals surface area contributed by atoms with E-state index in [0.29, 0.717) is 0 Å². The number of allylic oxidation sites excluding steroid dienone is 1. The van der Waals surface area contributed by atoms with Crippen molar-refractivity contribution in [3.05, 3.63) is 25.5 Å². The van der Waals surface area contributed by atoms with E-state index in [1.165, 1.54) is 180 Å². The van der Waals surface area contributed by atoms with Gasteiger partial charge in [0.25, 0.3) is 0 Å². The van der Waals surface area contributed by atoms with E-state index >= 15 is 0 Å². The van der Waals surface area contributed by atoms with Crippen LogP contribution >= 0.6 is 0 Å². The van der Waals surface area contributed by atoms with E-state index in [-0.39, 0.29) is 11.9 Å². The van der Waals surface area contributed by atoms with Crippen molar-refractivity contribution in [2.24, 2.45) is 5.92 Å². The van der Waals surface area contributed by atoms with Crippen LogP contribution in [0.5, 0.6) is 0 Å². The predicted octanol–water partition coefficient (Wildman–Crippen LogP) is 13.6. The van der Waals surface area contributed by atoms with E-state index < -0.39 is 0 Å². The Labute approximate surface area is 252 Å². The van der Waals surface area contributed by atoms with Gasteiger partial charge in [-0.15, -0.1) is 6.58 Å². The molecule has 1 atom stereocenters. The summed E-state index contributed by atoms with van der Waals surface area (Å²) in [6.45, 7) is 9.67. The quantitative estimate of drug-likeness (QED) is 0.0338. The maximum Gasteiger partial charge on any atom is 0.313 e. The lowest BCUT2D eigenvalue weighted by atomic mass is 9.94. The molecule has 2 heteroatoms. The highest BCUT2D eigenvalue weighted by atomic mass is 16.5. The van der Waals surface area contributed by atoms with Gasteiger partial charge in [-0.2, -0.15) is 0 Å². The monoisotopic (exact) mass is 561 g/mol. The van der Waals surface area contributed by atoms with Crippen LogP contribution in [0.15, 0.2) is 25.5 Å². The summed E-state index contributed by atoms with van der Waals surface area (Å²) in [5.41, 5.74) is 0. The Morgan fingerprint density at radius 2 is 0.800 bits per heavy atom. The molecule has 0 fully saturated rings. The van der Waals surface area contributed by atoms with Crippen LogP contribution in [-0.2, 0) is 9.53 Å². The summed E-state index contributed by atoms with van der Waals surface area (Å²) >= 11 is 0. The van der Waals surface area contributed by atoms with E-state index in [1.54, 1.807) is 0 Å². The zero-order chi connectivity index (χ0) is 29.2. The number of rotatable bonds is 34. The molecule has 0 aromatic rings. The zero-order valence-corrected chi connectivity index (χ0v) is 27.4. The molecule has 0 heterocycles. The first-order valence-corrected chi connectivity index (χ1v) is 18.2. The van der Waals surface area contributed by atoms with Gasteiger partial charge in [-0.1, -0.05) is 193 Å². The normalized spacial score (nSPS) is 11.9. The fourth-order valence-corrected chi connectivity index (χ4v) is 5.94. The molecule has 40 heavy (non-hydrogen) atoms. The van der Waals surface area contributed by atoms with Crippen LogP contribution in [0.2, 0.25) is 0 Å². The molecular formula is C38H72O2. The van der Waals surface area contributed by atoms with E-state index in [4.69, 9.17) is 4.74 Å². The molecule has 0 amide bonds. The summed E-state index contributed by atoms with van der Waals surface area (Å²) in [6.07, 6.45) is 44.7. The lowest BCUT2D eigenvalue weighted by Crippen LogP contribution is -2.16. The average molecular weight is 561 g/mol.